The third kappa shape index (κ3) is 4.59. The van der Waals surface area contributed by atoms with Gasteiger partial charge in [-0.1, -0.05) is 13.0 Å². The molecule has 0 saturated carbocycles. The van der Waals surface area contributed by atoms with Gasteiger partial charge in [0, 0.05) is 6.08 Å². The van der Waals surface area contributed by atoms with Crippen molar-refractivity contribution in [1.29, 1.82) is 0 Å². The Labute approximate surface area is 92.5 Å². The minimum absolute atomic E-state index is 0.452. The first kappa shape index (κ1) is 14.2. The molecule has 0 aromatic heterocycles. The SMILES string of the molecule is C/C=C/C(=O)OCC(C(=O)O)C(C)C(=O)O. The molecule has 0 aromatic rings. The summed E-state index contributed by atoms with van der Waals surface area (Å²) in [5, 5.41) is 17.4. The topological polar surface area (TPSA) is 101 Å². The zero-order valence-corrected chi connectivity index (χ0v) is 9.04. The van der Waals surface area contributed by atoms with Gasteiger partial charge in [-0.25, -0.2) is 4.79 Å². The lowest BCUT2D eigenvalue weighted by molar-refractivity contribution is -0.158. The molecule has 0 radical (unpaired) electrons. The molecule has 90 valence electrons. The van der Waals surface area contributed by atoms with Crippen LogP contribution in [0.15, 0.2) is 12.2 Å². The fourth-order valence-electron chi connectivity index (χ4n) is 0.958. The summed E-state index contributed by atoms with van der Waals surface area (Å²) in [4.78, 5) is 32.3. The maximum Gasteiger partial charge on any atom is 0.330 e. The van der Waals surface area contributed by atoms with Gasteiger partial charge in [0.15, 0.2) is 0 Å². The predicted molar refractivity (Wildman–Crippen MR) is 53.7 cm³/mol. The van der Waals surface area contributed by atoms with Crippen molar-refractivity contribution in [2.75, 3.05) is 6.61 Å². The van der Waals surface area contributed by atoms with Crippen molar-refractivity contribution in [2.45, 2.75) is 13.8 Å². The Bertz CT molecular complexity index is 306. The van der Waals surface area contributed by atoms with Gasteiger partial charge in [0.25, 0.3) is 0 Å². The summed E-state index contributed by atoms with van der Waals surface area (Å²) in [5.41, 5.74) is 0. The lowest BCUT2D eigenvalue weighted by atomic mass is 9.95. The van der Waals surface area contributed by atoms with E-state index in [9.17, 15) is 14.4 Å². The number of aliphatic carboxylic acids is 2. The highest BCUT2D eigenvalue weighted by atomic mass is 16.5. The number of rotatable bonds is 6. The zero-order chi connectivity index (χ0) is 12.7. The van der Waals surface area contributed by atoms with Crippen LogP contribution in [0.25, 0.3) is 0 Å². The van der Waals surface area contributed by atoms with E-state index < -0.39 is 36.4 Å². The smallest absolute Gasteiger partial charge is 0.330 e. The average Bonchev–Trinajstić information content (AvgIpc) is 2.17. The van der Waals surface area contributed by atoms with Crippen LogP contribution in [0.5, 0.6) is 0 Å². The number of carboxylic acids is 2. The van der Waals surface area contributed by atoms with E-state index in [1.54, 1.807) is 6.92 Å². The molecule has 2 unspecified atom stereocenters. The Morgan fingerprint density at radius 2 is 1.81 bits per heavy atom. The maximum atomic E-state index is 10.9. The number of ether oxygens (including phenoxy) is 1. The van der Waals surface area contributed by atoms with Gasteiger partial charge >= 0.3 is 17.9 Å². The molecule has 0 rings (SSSR count). The Morgan fingerprint density at radius 3 is 2.19 bits per heavy atom. The van der Waals surface area contributed by atoms with Gasteiger partial charge in [-0.05, 0) is 6.92 Å². The highest BCUT2D eigenvalue weighted by Crippen LogP contribution is 2.13. The number of carbonyl (C=O) groups excluding carboxylic acids is 1. The van der Waals surface area contributed by atoms with Crippen molar-refractivity contribution in [1.82, 2.24) is 0 Å². The van der Waals surface area contributed by atoms with Crippen LogP contribution >= 0.6 is 0 Å². The molecule has 0 heterocycles. The Hall–Kier alpha value is -1.85. The summed E-state index contributed by atoms with van der Waals surface area (Å²) in [5.74, 6) is -5.59. The van der Waals surface area contributed by atoms with E-state index in [4.69, 9.17) is 10.2 Å². The van der Waals surface area contributed by atoms with E-state index in [1.807, 2.05) is 0 Å². The van der Waals surface area contributed by atoms with E-state index in [1.165, 1.54) is 13.0 Å². The molecule has 0 aliphatic rings. The van der Waals surface area contributed by atoms with E-state index >= 15 is 0 Å². The number of carbonyl (C=O) groups is 3. The van der Waals surface area contributed by atoms with E-state index in [2.05, 4.69) is 4.74 Å². The van der Waals surface area contributed by atoms with Gasteiger partial charge in [-0.15, -0.1) is 0 Å². The second-order valence-corrected chi connectivity index (χ2v) is 3.20. The van der Waals surface area contributed by atoms with Crippen molar-refractivity contribution in [3.8, 4) is 0 Å². The monoisotopic (exact) mass is 230 g/mol. The van der Waals surface area contributed by atoms with Crippen LogP contribution in [0.3, 0.4) is 0 Å². The summed E-state index contributed by atoms with van der Waals surface area (Å²) in [6.45, 7) is 2.41. The fraction of sp³-hybridized carbons (Fsp3) is 0.500. The molecular weight excluding hydrogens is 216 g/mol. The van der Waals surface area contributed by atoms with Gasteiger partial charge in [0.05, 0.1) is 5.92 Å². The molecule has 0 aliphatic carbocycles. The molecule has 0 aliphatic heterocycles. The fourth-order valence-corrected chi connectivity index (χ4v) is 0.958. The van der Waals surface area contributed by atoms with Crippen LogP contribution in [-0.4, -0.2) is 34.7 Å². The quantitative estimate of drug-likeness (QED) is 0.509. The molecule has 16 heavy (non-hydrogen) atoms. The number of carboxylic acid groups (broad SMARTS) is 2. The summed E-state index contributed by atoms with van der Waals surface area (Å²) in [6, 6.07) is 0. The Morgan fingerprint density at radius 1 is 1.25 bits per heavy atom. The van der Waals surface area contributed by atoms with Crippen LogP contribution in [-0.2, 0) is 19.1 Å². The molecule has 0 spiro atoms. The minimum atomic E-state index is -1.30. The third-order valence-electron chi connectivity index (χ3n) is 2.02. The maximum absolute atomic E-state index is 10.9. The molecule has 2 atom stereocenters. The summed E-state index contributed by atoms with van der Waals surface area (Å²) >= 11 is 0. The van der Waals surface area contributed by atoms with Gasteiger partial charge in [0.1, 0.15) is 12.5 Å². The van der Waals surface area contributed by atoms with E-state index in [-0.39, 0.29) is 0 Å². The first-order chi connectivity index (χ1) is 7.40. The molecule has 2 N–H and O–H groups in total. The van der Waals surface area contributed by atoms with Gasteiger partial charge in [-0.3, -0.25) is 9.59 Å². The van der Waals surface area contributed by atoms with Crippen molar-refractivity contribution in [3.05, 3.63) is 12.2 Å². The molecule has 0 bridgehead atoms. The molecule has 0 amide bonds. The first-order valence-electron chi connectivity index (χ1n) is 4.65. The average molecular weight is 230 g/mol. The molecular formula is C10H14O6. The van der Waals surface area contributed by atoms with Crippen molar-refractivity contribution in [2.24, 2.45) is 11.8 Å². The highest BCUT2D eigenvalue weighted by molar-refractivity contribution is 5.83. The second kappa shape index (κ2) is 6.60. The zero-order valence-electron chi connectivity index (χ0n) is 9.04. The van der Waals surface area contributed by atoms with Crippen molar-refractivity contribution < 1.29 is 29.3 Å². The molecule has 0 saturated heterocycles. The molecule has 6 heteroatoms. The minimum Gasteiger partial charge on any atom is -0.481 e. The Kier molecular flexibility index (Phi) is 5.84. The van der Waals surface area contributed by atoms with Gasteiger partial charge < -0.3 is 14.9 Å². The number of esters is 1. The summed E-state index contributed by atoms with van der Waals surface area (Å²) < 4.78 is 4.61. The largest absolute Gasteiger partial charge is 0.481 e. The van der Waals surface area contributed by atoms with Crippen LogP contribution in [0.1, 0.15) is 13.8 Å². The predicted octanol–water partition coefficient (Wildman–Crippen LogP) is 0.527. The van der Waals surface area contributed by atoms with Crippen LogP contribution in [0, 0.1) is 11.8 Å². The van der Waals surface area contributed by atoms with Crippen molar-refractivity contribution >= 4 is 17.9 Å². The van der Waals surface area contributed by atoms with Crippen LogP contribution in [0.4, 0.5) is 0 Å². The van der Waals surface area contributed by atoms with Crippen LogP contribution < -0.4 is 0 Å². The normalized spacial score (nSPS) is 14.4. The number of hydrogen-bond donors (Lipinski definition) is 2. The first-order valence-corrected chi connectivity index (χ1v) is 4.65. The molecule has 6 nitrogen and oxygen atoms in total. The van der Waals surface area contributed by atoms with Crippen LogP contribution in [0.2, 0.25) is 0 Å². The number of allylic oxidation sites excluding steroid dienone is 1. The standard InChI is InChI=1S/C10H14O6/c1-3-4-8(11)16-5-7(10(14)15)6(2)9(12)13/h3-4,6-7H,5H2,1-2H3,(H,12,13)(H,14,15)/b4-3+. The van der Waals surface area contributed by atoms with Crippen molar-refractivity contribution in [3.63, 3.8) is 0 Å². The highest BCUT2D eigenvalue weighted by Gasteiger charge is 2.31. The lowest BCUT2D eigenvalue weighted by Crippen LogP contribution is -2.32. The van der Waals surface area contributed by atoms with Gasteiger partial charge in [0.2, 0.25) is 0 Å². The second-order valence-electron chi connectivity index (χ2n) is 3.20. The lowest BCUT2D eigenvalue weighted by Gasteiger charge is -2.15. The molecule has 0 aromatic carbocycles. The third-order valence-corrected chi connectivity index (χ3v) is 2.02. The Balaban J connectivity index is 4.42. The van der Waals surface area contributed by atoms with Gasteiger partial charge in [-0.2, -0.15) is 0 Å². The van der Waals surface area contributed by atoms with E-state index in [0.717, 1.165) is 6.08 Å². The van der Waals surface area contributed by atoms with E-state index in [0.29, 0.717) is 0 Å². The summed E-state index contributed by atoms with van der Waals surface area (Å²) in [7, 11) is 0. The molecule has 0 fully saturated rings. The number of hydrogen-bond acceptors (Lipinski definition) is 4. The summed E-state index contributed by atoms with van der Waals surface area (Å²) in [6.07, 6.45) is 2.57.